The molecule has 1 atom stereocenters. The van der Waals surface area contributed by atoms with Crippen LogP contribution in [0.3, 0.4) is 0 Å². The fourth-order valence-electron chi connectivity index (χ4n) is 2.01. The van der Waals surface area contributed by atoms with Crippen molar-refractivity contribution >= 4 is 11.3 Å². The van der Waals surface area contributed by atoms with Crippen LogP contribution in [0.2, 0.25) is 0 Å². The number of hydrogen-bond donors (Lipinski definition) is 2. The van der Waals surface area contributed by atoms with Gasteiger partial charge in [-0.25, -0.2) is 5.43 Å². The molecule has 0 aromatic carbocycles. The minimum absolute atomic E-state index is 0.0235. The summed E-state index contributed by atoms with van der Waals surface area (Å²) in [6.45, 7) is 3.52. The molecule has 2 aromatic heterocycles. The molecule has 0 aliphatic carbocycles. The van der Waals surface area contributed by atoms with E-state index in [9.17, 15) is 0 Å². The first-order valence-corrected chi connectivity index (χ1v) is 7.17. The Kier molecular flexibility index (Phi) is 5.09. The number of hydrogen-bond acceptors (Lipinski definition) is 5. The van der Waals surface area contributed by atoms with E-state index in [4.69, 9.17) is 10.6 Å². The van der Waals surface area contributed by atoms with Gasteiger partial charge in [-0.15, -0.1) is 11.3 Å². The van der Waals surface area contributed by atoms with Crippen molar-refractivity contribution in [1.82, 2.24) is 15.2 Å². The summed E-state index contributed by atoms with van der Waals surface area (Å²) in [7, 11) is 1.69. The molecule has 6 heteroatoms. The lowest BCUT2D eigenvalue weighted by atomic mass is 10.2. The number of aromatic nitrogens is 2. The molecule has 0 aliphatic heterocycles. The lowest BCUT2D eigenvalue weighted by molar-refractivity contribution is 0.182. The Hall–Kier alpha value is -1.21. The van der Waals surface area contributed by atoms with Gasteiger partial charge in [0.1, 0.15) is 0 Å². The highest BCUT2D eigenvalue weighted by atomic mass is 32.1. The lowest BCUT2D eigenvalue weighted by Gasteiger charge is -2.16. The van der Waals surface area contributed by atoms with Gasteiger partial charge in [0, 0.05) is 23.1 Å². The molecular weight excluding hydrogens is 260 g/mol. The molecule has 2 heterocycles. The van der Waals surface area contributed by atoms with E-state index < -0.39 is 0 Å². The summed E-state index contributed by atoms with van der Waals surface area (Å²) in [5.41, 5.74) is 3.94. The van der Waals surface area contributed by atoms with Gasteiger partial charge in [0.05, 0.1) is 24.9 Å². The second kappa shape index (κ2) is 6.81. The number of aryl methyl sites for hydroxylation is 1. The predicted molar refractivity (Wildman–Crippen MR) is 77.0 cm³/mol. The van der Waals surface area contributed by atoms with Crippen LogP contribution in [0.25, 0.3) is 0 Å². The van der Waals surface area contributed by atoms with Crippen LogP contribution in [0.4, 0.5) is 0 Å². The zero-order valence-corrected chi connectivity index (χ0v) is 12.1. The quantitative estimate of drug-likeness (QED) is 0.598. The normalized spacial score (nSPS) is 12.8. The average molecular weight is 280 g/mol. The number of nitrogens with zero attached hydrogens (tertiary/aromatic N) is 2. The zero-order valence-electron chi connectivity index (χ0n) is 11.3. The molecule has 0 radical (unpaired) electrons. The van der Waals surface area contributed by atoms with Crippen LogP contribution in [0, 0.1) is 0 Å². The molecule has 2 rings (SSSR count). The molecule has 104 valence electrons. The molecule has 0 fully saturated rings. The molecule has 0 bridgehead atoms. The summed E-state index contributed by atoms with van der Waals surface area (Å²) in [6, 6.07) is 6.25. The van der Waals surface area contributed by atoms with E-state index in [1.54, 1.807) is 24.6 Å². The number of ether oxygens (including phenoxy) is 1. The van der Waals surface area contributed by atoms with Gasteiger partial charge in [-0.05, 0) is 24.6 Å². The molecule has 1 unspecified atom stereocenters. The second-order valence-corrected chi connectivity index (χ2v) is 5.43. The van der Waals surface area contributed by atoms with Crippen LogP contribution < -0.4 is 11.3 Å². The van der Waals surface area contributed by atoms with Gasteiger partial charge in [0.15, 0.2) is 0 Å². The van der Waals surface area contributed by atoms with Crippen molar-refractivity contribution in [3.8, 4) is 0 Å². The van der Waals surface area contributed by atoms with Crippen LogP contribution >= 0.6 is 11.3 Å². The number of methoxy groups -OCH3 is 1. The SMILES string of the molecule is CCc1ccc(C(NN)c2ccnn2CCOC)s1. The van der Waals surface area contributed by atoms with E-state index in [0.717, 1.165) is 18.7 Å². The smallest absolute Gasteiger partial charge is 0.0970 e. The molecule has 0 aliphatic rings. The van der Waals surface area contributed by atoms with Crippen molar-refractivity contribution in [3.05, 3.63) is 39.8 Å². The molecule has 0 amide bonds. The van der Waals surface area contributed by atoms with Crippen molar-refractivity contribution < 1.29 is 4.74 Å². The standard InChI is InChI=1S/C13H20N4OS/c1-3-10-4-5-12(19-10)13(16-14)11-6-7-15-17(11)8-9-18-2/h4-7,13,16H,3,8-9,14H2,1-2H3. The van der Waals surface area contributed by atoms with Crippen LogP contribution in [-0.4, -0.2) is 23.5 Å². The summed E-state index contributed by atoms with van der Waals surface area (Å²) < 4.78 is 7.03. The first kappa shape index (κ1) is 14.2. The van der Waals surface area contributed by atoms with Gasteiger partial charge in [-0.3, -0.25) is 10.5 Å². The monoisotopic (exact) mass is 280 g/mol. The van der Waals surface area contributed by atoms with E-state index in [1.807, 2.05) is 10.7 Å². The molecular formula is C13H20N4OS. The summed E-state index contributed by atoms with van der Waals surface area (Å²) in [5.74, 6) is 5.73. The highest BCUT2D eigenvalue weighted by Crippen LogP contribution is 2.28. The molecule has 5 nitrogen and oxygen atoms in total. The van der Waals surface area contributed by atoms with Gasteiger partial charge in [0.2, 0.25) is 0 Å². The van der Waals surface area contributed by atoms with Crippen molar-refractivity contribution in [3.63, 3.8) is 0 Å². The third-order valence-electron chi connectivity index (χ3n) is 3.03. The van der Waals surface area contributed by atoms with Gasteiger partial charge in [-0.1, -0.05) is 6.92 Å². The van der Waals surface area contributed by atoms with Gasteiger partial charge in [0.25, 0.3) is 0 Å². The maximum absolute atomic E-state index is 5.73. The molecule has 0 saturated carbocycles. The summed E-state index contributed by atoms with van der Waals surface area (Å²) in [5, 5.41) is 4.32. The maximum Gasteiger partial charge on any atom is 0.0970 e. The summed E-state index contributed by atoms with van der Waals surface area (Å²) in [6.07, 6.45) is 2.84. The first-order chi connectivity index (χ1) is 9.30. The molecule has 3 N–H and O–H groups in total. The molecule has 19 heavy (non-hydrogen) atoms. The van der Waals surface area contributed by atoms with E-state index >= 15 is 0 Å². The van der Waals surface area contributed by atoms with E-state index in [1.165, 1.54) is 9.75 Å². The first-order valence-electron chi connectivity index (χ1n) is 6.35. The topological polar surface area (TPSA) is 65.1 Å². The number of thiophene rings is 1. The Balaban J connectivity index is 2.23. The van der Waals surface area contributed by atoms with Crippen LogP contribution in [-0.2, 0) is 17.7 Å². The number of nitrogens with two attached hydrogens (primary N) is 1. The van der Waals surface area contributed by atoms with Crippen LogP contribution in [0.5, 0.6) is 0 Å². The van der Waals surface area contributed by atoms with Crippen LogP contribution in [0.1, 0.15) is 28.4 Å². The van der Waals surface area contributed by atoms with Gasteiger partial charge < -0.3 is 4.74 Å². The molecule has 0 spiro atoms. The van der Waals surface area contributed by atoms with E-state index in [-0.39, 0.29) is 6.04 Å². The molecule has 2 aromatic rings. The fourth-order valence-corrected chi connectivity index (χ4v) is 3.03. The summed E-state index contributed by atoms with van der Waals surface area (Å²) in [4.78, 5) is 2.57. The van der Waals surface area contributed by atoms with Crippen molar-refractivity contribution in [2.24, 2.45) is 5.84 Å². The number of rotatable bonds is 7. The Morgan fingerprint density at radius 3 is 2.95 bits per heavy atom. The third-order valence-corrected chi connectivity index (χ3v) is 4.33. The Morgan fingerprint density at radius 2 is 2.32 bits per heavy atom. The molecule has 0 saturated heterocycles. The predicted octanol–water partition coefficient (Wildman–Crippen LogP) is 1.71. The largest absolute Gasteiger partial charge is 0.383 e. The Bertz CT molecular complexity index is 508. The lowest BCUT2D eigenvalue weighted by Crippen LogP contribution is -2.30. The minimum atomic E-state index is -0.0235. The number of nitrogens with one attached hydrogen (secondary N) is 1. The maximum atomic E-state index is 5.73. The Morgan fingerprint density at radius 1 is 1.47 bits per heavy atom. The Labute approximate surface area is 117 Å². The minimum Gasteiger partial charge on any atom is -0.383 e. The average Bonchev–Trinajstić information content (AvgIpc) is 3.07. The summed E-state index contributed by atoms with van der Waals surface area (Å²) >= 11 is 1.78. The highest BCUT2D eigenvalue weighted by Gasteiger charge is 2.18. The van der Waals surface area contributed by atoms with Gasteiger partial charge >= 0.3 is 0 Å². The third kappa shape index (κ3) is 3.22. The highest BCUT2D eigenvalue weighted by molar-refractivity contribution is 7.12. The van der Waals surface area contributed by atoms with E-state index in [0.29, 0.717) is 6.61 Å². The number of hydrazine groups is 1. The zero-order chi connectivity index (χ0) is 13.7. The van der Waals surface area contributed by atoms with Crippen molar-refractivity contribution in [2.75, 3.05) is 13.7 Å². The van der Waals surface area contributed by atoms with Crippen molar-refractivity contribution in [1.29, 1.82) is 0 Å². The van der Waals surface area contributed by atoms with E-state index in [2.05, 4.69) is 29.6 Å². The van der Waals surface area contributed by atoms with Gasteiger partial charge in [-0.2, -0.15) is 5.10 Å². The second-order valence-electron chi connectivity index (χ2n) is 4.23. The van der Waals surface area contributed by atoms with Crippen LogP contribution in [0.15, 0.2) is 24.4 Å². The fraction of sp³-hybridized carbons (Fsp3) is 0.462. The van der Waals surface area contributed by atoms with Crippen molar-refractivity contribution in [2.45, 2.75) is 25.9 Å².